The lowest BCUT2D eigenvalue weighted by Gasteiger charge is -2.23. The minimum absolute atomic E-state index is 0.126. The van der Waals surface area contributed by atoms with Crippen LogP contribution in [0.3, 0.4) is 0 Å². The Morgan fingerprint density at radius 3 is 2.75 bits per heavy atom. The summed E-state index contributed by atoms with van der Waals surface area (Å²) in [5.74, 6) is 0.669. The van der Waals surface area contributed by atoms with E-state index in [9.17, 15) is 4.79 Å². The number of aromatic nitrogens is 2. The number of benzene rings is 2. The molecule has 1 fully saturated rings. The number of nitrogens with one attached hydrogen (secondary N) is 2. The summed E-state index contributed by atoms with van der Waals surface area (Å²) >= 11 is 6.41. The molecular weight excluding hydrogens is 424 g/mol. The molecule has 0 spiro atoms. The third-order valence-corrected chi connectivity index (χ3v) is 6.14. The minimum atomic E-state index is -0.126. The third-order valence-electron chi connectivity index (χ3n) is 5.92. The molecule has 7 heteroatoms. The molecule has 5 rings (SSSR count). The maximum absolute atomic E-state index is 12.7. The van der Waals surface area contributed by atoms with Crippen LogP contribution in [-0.4, -0.2) is 34.8 Å². The molecule has 3 heterocycles. The quantitative estimate of drug-likeness (QED) is 0.460. The first-order valence-corrected chi connectivity index (χ1v) is 11.3. The molecule has 4 aromatic rings. The van der Waals surface area contributed by atoms with Gasteiger partial charge in [0.25, 0.3) is 5.91 Å². The van der Waals surface area contributed by atoms with Crippen LogP contribution < -0.4 is 10.6 Å². The van der Waals surface area contributed by atoms with E-state index in [1.54, 1.807) is 0 Å². The number of fused-ring (bicyclic) bond motifs is 1. The monoisotopic (exact) mass is 448 g/mol. The van der Waals surface area contributed by atoms with Crippen LogP contribution in [-0.2, 0) is 6.54 Å². The average Bonchev–Trinajstić information content (AvgIpc) is 3.39. The van der Waals surface area contributed by atoms with E-state index in [1.807, 2.05) is 66.2 Å². The van der Waals surface area contributed by atoms with Crippen molar-refractivity contribution in [2.75, 3.05) is 13.1 Å². The van der Waals surface area contributed by atoms with E-state index >= 15 is 0 Å². The highest BCUT2D eigenvalue weighted by atomic mass is 35.5. The number of carbonyl (C=O) groups is 1. The van der Waals surface area contributed by atoms with Crippen LogP contribution in [0.1, 0.15) is 34.6 Å². The fourth-order valence-electron chi connectivity index (χ4n) is 4.22. The highest BCUT2D eigenvalue weighted by molar-refractivity contribution is 6.31. The molecule has 164 valence electrons. The molecule has 0 atom stereocenters. The molecule has 6 nitrogen and oxygen atoms in total. The van der Waals surface area contributed by atoms with Crippen molar-refractivity contribution in [1.29, 1.82) is 0 Å². The molecule has 1 saturated heterocycles. The molecule has 0 bridgehead atoms. The first-order chi connectivity index (χ1) is 15.6. The van der Waals surface area contributed by atoms with Crippen molar-refractivity contribution in [3.8, 4) is 11.3 Å². The van der Waals surface area contributed by atoms with Crippen LogP contribution in [0.25, 0.3) is 22.3 Å². The van der Waals surface area contributed by atoms with E-state index in [4.69, 9.17) is 16.0 Å². The molecule has 2 aromatic carbocycles. The number of nitrogens with zero attached hydrogens (tertiary/aromatic N) is 2. The van der Waals surface area contributed by atoms with E-state index in [1.165, 1.54) is 0 Å². The smallest absolute Gasteiger partial charge is 0.272 e. The van der Waals surface area contributed by atoms with Gasteiger partial charge in [0.1, 0.15) is 17.0 Å². The van der Waals surface area contributed by atoms with Gasteiger partial charge < -0.3 is 15.1 Å². The molecule has 32 heavy (non-hydrogen) atoms. The Morgan fingerprint density at radius 2 is 1.97 bits per heavy atom. The average molecular weight is 449 g/mol. The SMILES string of the molecule is Cc1cc(C(=O)NC2CCNCC2)nn1Cc1cc(Cl)cc2cc(-c3ccccc3)oc12. The summed E-state index contributed by atoms with van der Waals surface area (Å²) in [6, 6.07) is 17.8. The molecule has 1 amide bonds. The normalized spacial score (nSPS) is 14.7. The molecule has 0 radical (unpaired) electrons. The van der Waals surface area contributed by atoms with Gasteiger partial charge in [-0.1, -0.05) is 41.9 Å². The molecule has 2 N–H and O–H groups in total. The predicted molar refractivity (Wildman–Crippen MR) is 126 cm³/mol. The second kappa shape index (κ2) is 8.81. The highest BCUT2D eigenvalue weighted by Gasteiger charge is 2.20. The lowest BCUT2D eigenvalue weighted by molar-refractivity contribution is 0.0923. The highest BCUT2D eigenvalue weighted by Crippen LogP contribution is 2.32. The minimum Gasteiger partial charge on any atom is -0.456 e. The van der Waals surface area contributed by atoms with Crippen LogP contribution in [0.4, 0.5) is 0 Å². The molecule has 0 aliphatic carbocycles. The maximum Gasteiger partial charge on any atom is 0.272 e. The number of furan rings is 1. The Morgan fingerprint density at radius 1 is 1.19 bits per heavy atom. The lowest BCUT2D eigenvalue weighted by atomic mass is 10.1. The molecular formula is C25H25ClN4O2. The summed E-state index contributed by atoms with van der Waals surface area (Å²) < 4.78 is 8.05. The van der Waals surface area contributed by atoms with Crippen molar-refractivity contribution in [1.82, 2.24) is 20.4 Å². The number of carbonyl (C=O) groups excluding carboxylic acids is 1. The van der Waals surface area contributed by atoms with Gasteiger partial charge in [-0.15, -0.1) is 0 Å². The van der Waals surface area contributed by atoms with Gasteiger partial charge in [-0.25, -0.2) is 0 Å². The van der Waals surface area contributed by atoms with Crippen LogP contribution in [0.15, 0.2) is 59.0 Å². The van der Waals surface area contributed by atoms with Gasteiger partial charge >= 0.3 is 0 Å². The molecule has 1 aliphatic heterocycles. The predicted octanol–water partition coefficient (Wildman–Crippen LogP) is 4.79. The van der Waals surface area contributed by atoms with Crippen molar-refractivity contribution >= 4 is 28.5 Å². The van der Waals surface area contributed by atoms with Gasteiger partial charge in [-0.3, -0.25) is 9.48 Å². The maximum atomic E-state index is 12.7. The topological polar surface area (TPSA) is 72.1 Å². The third kappa shape index (κ3) is 4.29. The van der Waals surface area contributed by atoms with E-state index < -0.39 is 0 Å². The second-order valence-electron chi connectivity index (χ2n) is 8.29. The standard InChI is InChI=1S/C25H25ClN4O2/c1-16-11-22(25(31)28-21-7-9-27-10-8-21)29-30(16)15-19-13-20(26)12-18-14-23(32-24(18)19)17-5-3-2-4-6-17/h2-6,11-14,21,27H,7-10,15H2,1H3,(H,28,31). The van der Waals surface area contributed by atoms with Gasteiger partial charge in [0.15, 0.2) is 0 Å². The second-order valence-corrected chi connectivity index (χ2v) is 8.72. The Hall–Kier alpha value is -3.09. The Kier molecular flexibility index (Phi) is 5.72. The Bertz CT molecular complexity index is 1260. The number of piperidine rings is 1. The first-order valence-electron chi connectivity index (χ1n) is 10.9. The van der Waals surface area contributed by atoms with Gasteiger partial charge in [0.2, 0.25) is 0 Å². The van der Waals surface area contributed by atoms with Crippen LogP contribution in [0, 0.1) is 6.92 Å². The Balaban J connectivity index is 1.42. The molecule has 0 unspecified atom stereocenters. The molecule has 0 saturated carbocycles. The summed E-state index contributed by atoms with van der Waals surface area (Å²) in [5, 5.41) is 12.6. The first kappa shape index (κ1) is 20.8. The number of hydrogen-bond acceptors (Lipinski definition) is 4. The van der Waals surface area contributed by atoms with Crippen molar-refractivity contribution < 1.29 is 9.21 Å². The number of hydrogen-bond donors (Lipinski definition) is 2. The summed E-state index contributed by atoms with van der Waals surface area (Å²) in [6.07, 6.45) is 1.88. The Labute approximate surface area is 191 Å². The number of halogens is 1. The zero-order valence-corrected chi connectivity index (χ0v) is 18.7. The summed E-state index contributed by atoms with van der Waals surface area (Å²) in [5.41, 5.74) is 4.06. The fourth-order valence-corrected chi connectivity index (χ4v) is 4.46. The zero-order chi connectivity index (χ0) is 22.1. The van der Waals surface area contributed by atoms with Crippen LogP contribution in [0.2, 0.25) is 5.02 Å². The van der Waals surface area contributed by atoms with E-state index in [2.05, 4.69) is 15.7 Å². The number of amides is 1. The van der Waals surface area contributed by atoms with Crippen molar-refractivity contribution in [2.45, 2.75) is 32.4 Å². The van der Waals surface area contributed by atoms with Crippen molar-refractivity contribution in [3.05, 3.63) is 76.6 Å². The van der Waals surface area contributed by atoms with Crippen molar-refractivity contribution in [2.24, 2.45) is 0 Å². The zero-order valence-electron chi connectivity index (χ0n) is 17.9. The van der Waals surface area contributed by atoms with Gasteiger partial charge in [0, 0.05) is 33.3 Å². The molecule has 2 aromatic heterocycles. The fraction of sp³-hybridized carbons (Fsp3) is 0.280. The summed E-state index contributed by atoms with van der Waals surface area (Å²) in [6.45, 7) is 4.27. The number of aryl methyl sites for hydroxylation is 1. The lowest BCUT2D eigenvalue weighted by Crippen LogP contribution is -2.42. The van der Waals surface area contributed by atoms with E-state index in [0.29, 0.717) is 17.3 Å². The van der Waals surface area contributed by atoms with Gasteiger partial charge in [0.05, 0.1) is 6.54 Å². The summed E-state index contributed by atoms with van der Waals surface area (Å²) in [7, 11) is 0. The van der Waals surface area contributed by atoms with E-state index in [0.717, 1.165) is 59.5 Å². The summed E-state index contributed by atoms with van der Waals surface area (Å²) in [4.78, 5) is 12.7. The van der Waals surface area contributed by atoms with Gasteiger partial charge in [-0.2, -0.15) is 5.10 Å². The van der Waals surface area contributed by atoms with Crippen LogP contribution >= 0.6 is 11.6 Å². The largest absolute Gasteiger partial charge is 0.456 e. The molecule has 1 aliphatic rings. The van der Waals surface area contributed by atoms with Gasteiger partial charge in [-0.05, 0) is 57.1 Å². The van der Waals surface area contributed by atoms with E-state index in [-0.39, 0.29) is 11.9 Å². The van der Waals surface area contributed by atoms with Crippen LogP contribution in [0.5, 0.6) is 0 Å². The van der Waals surface area contributed by atoms with Crippen molar-refractivity contribution in [3.63, 3.8) is 0 Å². The number of rotatable bonds is 5.